The molecule has 1 aromatic heterocycles. The van der Waals surface area contributed by atoms with Crippen LogP contribution in [0.3, 0.4) is 0 Å². The maximum Gasteiger partial charge on any atom is 0.241 e. The first kappa shape index (κ1) is 19.7. The molecule has 1 heterocycles. The van der Waals surface area contributed by atoms with Gasteiger partial charge in [0.2, 0.25) is 5.91 Å². The number of amides is 1. The second-order valence-corrected chi connectivity index (χ2v) is 5.89. The monoisotopic (exact) mass is 332 g/mol. The number of fused-ring (bicyclic) bond motifs is 1. The number of carbonyl (C=O) groups excluding carboxylic acids is 1. The molecule has 7 heteroatoms. The van der Waals surface area contributed by atoms with Crippen molar-refractivity contribution in [1.29, 1.82) is 0 Å². The number of anilines is 1. The van der Waals surface area contributed by atoms with Gasteiger partial charge in [-0.1, -0.05) is 20.8 Å². The Balaban J connectivity index is 0.00000200. The van der Waals surface area contributed by atoms with Gasteiger partial charge in [-0.05, 0) is 30.5 Å². The Morgan fingerprint density at radius 2 is 1.95 bits per heavy atom. The van der Waals surface area contributed by atoms with Crippen molar-refractivity contribution in [3.63, 3.8) is 0 Å². The van der Waals surface area contributed by atoms with Gasteiger partial charge in [0, 0.05) is 5.69 Å². The van der Waals surface area contributed by atoms with Crippen LogP contribution < -0.4 is 11.1 Å². The molecule has 0 fully saturated rings. The van der Waals surface area contributed by atoms with Gasteiger partial charge in [0.15, 0.2) is 0 Å². The number of aromatic amines is 1. The zero-order valence-corrected chi connectivity index (χ0v) is 14.2. The molecule has 4 N–H and O–H groups in total. The number of benzene rings is 1. The van der Waals surface area contributed by atoms with Crippen molar-refractivity contribution in [2.45, 2.75) is 33.7 Å². The van der Waals surface area contributed by atoms with Crippen LogP contribution in [0, 0.1) is 12.3 Å². The van der Waals surface area contributed by atoms with Gasteiger partial charge in [-0.25, -0.2) is 4.98 Å². The Hall–Kier alpha value is -1.30. The number of nitrogens with two attached hydrogens (primary N) is 1. The number of hydrogen-bond acceptors (Lipinski definition) is 3. The van der Waals surface area contributed by atoms with Crippen molar-refractivity contribution in [1.82, 2.24) is 9.97 Å². The lowest BCUT2D eigenvalue weighted by molar-refractivity contribution is -0.119. The molecule has 1 aromatic carbocycles. The highest BCUT2D eigenvalue weighted by Gasteiger charge is 2.27. The van der Waals surface area contributed by atoms with E-state index in [1.165, 1.54) is 0 Å². The second kappa shape index (κ2) is 7.11. The number of rotatable bonds is 2. The van der Waals surface area contributed by atoms with Gasteiger partial charge in [0.25, 0.3) is 0 Å². The van der Waals surface area contributed by atoms with Crippen LogP contribution >= 0.6 is 24.8 Å². The van der Waals surface area contributed by atoms with E-state index in [1.807, 2.05) is 45.9 Å². The standard InChI is InChI=1S/C14H20N4O.2ClH/c1-8-16-10-6-5-9(7-11(10)17-8)18-13(19)12(15)14(2,3)4;;/h5-7,12H,15H2,1-4H3,(H,16,17)(H,18,19);2*1H/t12-;;/m1../s1. The molecular formula is C14H22Cl2N4O. The summed E-state index contributed by atoms with van der Waals surface area (Å²) in [5.41, 5.74) is 8.17. The molecular weight excluding hydrogens is 311 g/mol. The largest absolute Gasteiger partial charge is 0.342 e. The van der Waals surface area contributed by atoms with Crippen LogP contribution in [-0.4, -0.2) is 21.9 Å². The summed E-state index contributed by atoms with van der Waals surface area (Å²) >= 11 is 0. The van der Waals surface area contributed by atoms with Gasteiger partial charge < -0.3 is 16.0 Å². The normalized spacial score (nSPS) is 12.2. The Morgan fingerprint density at radius 1 is 1.33 bits per heavy atom. The molecule has 118 valence electrons. The van der Waals surface area contributed by atoms with Crippen LogP contribution in [0.4, 0.5) is 5.69 Å². The van der Waals surface area contributed by atoms with E-state index < -0.39 is 6.04 Å². The number of halogens is 2. The number of hydrogen-bond donors (Lipinski definition) is 3. The Labute approximate surface area is 136 Å². The summed E-state index contributed by atoms with van der Waals surface area (Å²) in [7, 11) is 0. The number of H-pyrrole nitrogens is 1. The van der Waals surface area contributed by atoms with Gasteiger partial charge in [-0.3, -0.25) is 4.79 Å². The van der Waals surface area contributed by atoms with E-state index in [4.69, 9.17) is 5.73 Å². The summed E-state index contributed by atoms with van der Waals surface area (Å²) in [5, 5.41) is 2.84. The molecule has 0 aliphatic rings. The van der Waals surface area contributed by atoms with Crippen LogP contribution in [0.2, 0.25) is 0 Å². The van der Waals surface area contributed by atoms with Crippen LogP contribution in [0.1, 0.15) is 26.6 Å². The lowest BCUT2D eigenvalue weighted by Crippen LogP contribution is -2.45. The quantitative estimate of drug-likeness (QED) is 0.790. The number of carbonyl (C=O) groups is 1. The van der Waals surface area contributed by atoms with E-state index in [0.717, 1.165) is 22.5 Å². The molecule has 0 saturated heterocycles. The molecule has 0 bridgehead atoms. The fraction of sp³-hybridized carbons (Fsp3) is 0.429. The summed E-state index contributed by atoms with van der Waals surface area (Å²) < 4.78 is 0. The van der Waals surface area contributed by atoms with Crippen LogP contribution in [0.25, 0.3) is 11.0 Å². The number of aromatic nitrogens is 2. The van der Waals surface area contributed by atoms with Gasteiger partial charge >= 0.3 is 0 Å². The SMILES string of the molecule is Cc1nc2ccc(NC(=O)[C@@H](N)C(C)(C)C)cc2[nH]1.Cl.Cl. The van der Waals surface area contributed by atoms with Crippen LogP contribution in [-0.2, 0) is 4.79 Å². The molecule has 1 amide bonds. The highest BCUT2D eigenvalue weighted by Crippen LogP contribution is 2.21. The molecule has 0 aliphatic carbocycles. The summed E-state index contributed by atoms with van der Waals surface area (Å²) in [4.78, 5) is 19.5. The molecule has 0 saturated carbocycles. The minimum Gasteiger partial charge on any atom is -0.342 e. The first-order valence-corrected chi connectivity index (χ1v) is 6.30. The molecule has 2 aromatic rings. The Morgan fingerprint density at radius 3 is 2.52 bits per heavy atom. The molecule has 0 aliphatic heterocycles. The van der Waals surface area contributed by atoms with E-state index in [-0.39, 0.29) is 36.1 Å². The molecule has 0 unspecified atom stereocenters. The average Bonchev–Trinajstić information content (AvgIpc) is 2.66. The van der Waals surface area contributed by atoms with Crippen LogP contribution in [0.5, 0.6) is 0 Å². The first-order valence-electron chi connectivity index (χ1n) is 6.30. The summed E-state index contributed by atoms with van der Waals surface area (Å²) in [6.07, 6.45) is 0. The lowest BCUT2D eigenvalue weighted by Gasteiger charge is -2.25. The maximum atomic E-state index is 12.0. The predicted molar refractivity (Wildman–Crippen MR) is 91.4 cm³/mol. The third-order valence-electron chi connectivity index (χ3n) is 3.08. The fourth-order valence-corrected chi connectivity index (χ4v) is 1.83. The Kier molecular flexibility index (Phi) is 6.67. The van der Waals surface area contributed by atoms with E-state index in [9.17, 15) is 4.79 Å². The van der Waals surface area contributed by atoms with Crippen molar-refractivity contribution >= 4 is 47.4 Å². The first-order chi connectivity index (χ1) is 8.77. The third-order valence-corrected chi connectivity index (χ3v) is 3.08. The van der Waals surface area contributed by atoms with Crippen LogP contribution in [0.15, 0.2) is 18.2 Å². The fourth-order valence-electron chi connectivity index (χ4n) is 1.83. The number of nitrogens with zero attached hydrogens (tertiary/aromatic N) is 1. The summed E-state index contributed by atoms with van der Waals surface area (Å²) in [6, 6.07) is 5.02. The molecule has 21 heavy (non-hydrogen) atoms. The van der Waals surface area contributed by atoms with Gasteiger partial charge in [0.1, 0.15) is 5.82 Å². The zero-order valence-electron chi connectivity index (χ0n) is 12.6. The predicted octanol–water partition coefficient (Wildman–Crippen LogP) is 3.03. The Bertz CT molecular complexity index is 619. The highest BCUT2D eigenvalue weighted by molar-refractivity contribution is 5.96. The smallest absolute Gasteiger partial charge is 0.241 e. The number of nitrogens with one attached hydrogen (secondary N) is 2. The minimum absolute atomic E-state index is 0. The van der Waals surface area contributed by atoms with E-state index in [0.29, 0.717) is 0 Å². The van der Waals surface area contributed by atoms with Gasteiger partial charge in [-0.2, -0.15) is 0 Å². The molecule has 5 nitrogen and oxygen atoms in total. The van der Waals surface area contributed by atoms with Crippen molar-refractivity contribution < 1.29 is 4.79 Å². The summed E-state index contributed by atoms with van der Waals surface area (Å²) in [6.45, 7) is 7.73. The average molecular weight is 333 g/mol. The number of imidazole rings is 1. The van der Waals surface area contributed by atoms with Crippen molar-refractivity contribution in [3.05, 3.63) is 24.0 Å². The highest BCUT2D eigenvalue weighted by atomic mass is 35.5. The van der Waals surface area contributed by atoms with E-state index >= 15 is 0 Å². The molecule has 2 rings (SSSR count). The second-order valence-electron chi connectivity index (χ2n) is 5.89. The number of aryl methyl sites for hydroxylation is 1. The van der Waals surface area contributed by atoms with Crippen molar-refractivity contribution in [3.8, 4) is 0 Å². The zero-order chi connectivity index (χ0) is 14.2. The maximum absolute atomic E-state index is 12.0. The third kappa shape index (κ3) is 4.59. The summed E-state index contributed by atoms with van der Waals surface area (Å²) in [5.74, 6) is 0.674. The molecule has 1 atom stereocenters. The molecule has 0 spiro atoms. The van der Waals surface area contributed by atoms with E-state index in [2.05, 4.69) is 15.3 Å². The van der Waals surface area contributed by atoms with Gasteiger partial charge in [-0.15, -0.1) is 24.8 Å². The lowest BCUT2D eigenvalue weighted by atomic mass is 9.87. The minimum atomic E-state index is -0.549. The van der Waals surface area contributed by atoms with Crippen molar-refractivity contribution in [2.24, 2.45) is 11.1 Å². The van der Waals surface area contributed by atoms with Gasteiger partial charge in [0.05, 0.1) is 17.1 Å². The van der Waals surface area contributed by atoms with Crippen molar-refractivity contribution in [2.75, 3.05) is 5.32 Å². The topological polar surface area (TPSA) is 83.8 Å². The van der Waals surface area contributed by atoms with E-state index in [1.54, 1.807) is 0 Å². The molecule has 0 radical (unpaired) electrons.